The van der Waals surface area contributed by atoms with Gasteiger partial charge in [-0.15, -0.1) is 0 Å². The van der Waals surface area contributed by atoms with Crippen LogP contribution in [0.5, 0.6) is 0 Å². The number of hydrogen-bond acceptors (Lipinski definition) is 4. The van der Waals surface area contributed by atoms with Crippen LogP contribution in [0.1, 0.15) is 43.5 Å². The van der Waals surface area contributed by atoms with Crippen molar-refractivity contribution in [2.45, 2.75) is 46.1 Å². The third-order valence-corrected chi connectivity index (χ3v) is 4.78. The van der Waals surface area contributed by atoms with Crippen LogP contribution in [0.2, 0.25) is 0 Å². The maximum Gasteiger partial charge on any atom is 0.146 e. The molecule has 0 radical (unpaired) electrons. The normalized spacial score (nSPS) is 18.2. The maximum absolute atomic E-state index is 6.05. The Bertz CT molecular complexity index is 640. The van der Waals surface area contributed by atoms with E-state index in [1.54, 1.807) is 6.33 Å². The lowest BCUT2D eigenvalue weighted by Crippen LogP contribution is -2.34. The van der Waals surface area contributed by atoms with Gasteiger partial charge in [-0.2, -0.15) is 0 Å². The van der Waals surface area contributed by atoms with Gasteiger partial charge in [-0.1, -0.05) is 6.42 Å². The Hall–Kier alpha value is -1.62. The van der Waals surface area contributed by atoms with Crippen molar-refractivity contribution in [3.8, 4) is 0 Å². The molecule has 3 heterocycles. The number of likely N-dealkylation sites (tertiary alicyclic amines) is 1. The summed E-state index contributed by atoms with van der Waals surface area (Å²) in [5.74, 6) is 0.588. The van der Waals surface area contributed by atoms with E-state index in [0.29, 0.717) is 11.9 Å². The minimum Gasteiger partial charge on any atom is -0.383 e. The predicted octanol–water partition coefficient (Wildman–Crippen LogP) is 2.68. The minimum absolute atomic E-state index is 0.397. The number of nitrogens with zero attached hydrogens (tertiary/aromatic N) is 4. The zero-order valence-corrected chi connectivity index (χ0v) is 13.3. The molecule has 5 heteroatoms. The highest BCUT2D eigenvalue weighted by Crippen LogP contribution is 2.30. The first-order valence-corrected chi connectivity index (χ1v) is 7.89. The predicted molar refractivity (Wildman–Crippen MR) is 86.4 cm³/mol. The molecule has 114 valence electrons. The highest BCUT2D eigenvalue weighted by Gasteiger charge is 2.21. The van der Waals surface area contributed by atoms with Gasteiger partial charge >= 0.3 is 0 Å². The van der Waals surface area contributed by atoms with E-state index in [0.717, 1.165) is 17.6 Å². The summed E-state index contributed by atoms with van der Waals surface area (Å²) in [7, 11) is 0. The second kappa shape index (κ2) is 5.64. The highest BCUT2D eigenvalue weighted by atomic mass is 15.2. The van der Waals surface area contributed by atoms with Crippen molar-refractivity contribution in [2.24, 2.45) is 0 Å². The Balaban J connectivity index is 1.95. The van der Waals surface area contributed by atoms with Crippen LogP contribution in [-0.4, -0.2) is 39.1 Å². The zero-order valence-electron chi connectivity index (χ0n) is 13.3. The van der Waals surface area contributed by atoms with E-state index in [1.165, 1.54) is 43.6 Å². The molecule has 21 heavy (non-hydrogen) atoms. The van der Waals surface area contributed by atoms with Crippen LogP contribution < -0.4 is 5.73 Å². The molecular weight excluding hydrogens is 262 g/mol. The van der Waals surface area contributed by atoms with Gasteiger partial charge in [-0.05, 0) is 52.3 Å². The van der Waals surface area contributed by atoms with Gasteiger partial charge in [0.2, 0.25) is 0 Å². The number of piperidine rings is 1. The molecule has 0 aliphatic carbocycles. The van der Waals surface area contributed by atoms with Gasteiger partial charge in [0, 0.05) is 18.3 Å². The van der Waals surface area contributed by atoms with Crippen LogP contribution >= 0.6 is 0 Å². The summed E-state index contributed by atoms with van der Waals surface area (Å²) in [5.41, 5.74) is 9.48. The fraction of sp³-hybridized carbons (Fsp3) is 0.625. The largest absolute Gasteiger partial charge is 0.383 e. The van der Waals surface area contributed by atoms with E-state index in [-0.39, 0.29) is 0 Å². The van der Waals surface area contributed by atoms with Gasteiger partial charge in [0.1, 0.15) is 17.8 Å². The third-order valence-electron chi connectivity index (χ3n) is 4.78. The van der Waals surface area contributed by atoms with Gasteiger partial charge in [0.15, 0.2) is 0 Å². The van der Waals surface area contributed by atoms with Gasteiger partial charge < -0.3 is 15.2 Å². The Kier molecular flexibility index (Phi) is 3.85. The molecule has 3 rings (SSSR count). The van der Waals surface area contributed by atoms with E-state index in [1.807, 2.05) is 0 Å². The summed E-state index contributed by atoms with van der Waals surface area (Å²) in [4.78, 5) is 11.2. The summed E-state index contributed by atoms with van der Waals surface area (Å²) in [6.07, 6.45) is 5.60. The molecule has 1 aliphatic rings. The van der Waals surface area contributed by atoms with Crippen molar-refractivity contribution in [2.75, 3.05) is 25.4 Å². The van der Waals surface area contributed by atoms with Gasteiger partial charge in [-0.25, -0.2) is 9.97 Å². The summed E-state index contributed by atoms with van der Waals surface area (Å²) >= 11 is 0. The molecule has 1 saturated heterocycles. The molecule has 5 nitrogen and oxygen atoms in total. The van der Waals surface area contributed by atoms with Crippen LogP contribution in [0.4, 0.5) is 5.82 Å². The molecule has 0 amide bonds. The Morgan fingerprint density at radius 3 is 2.62 bits per heavy atom. The van der Waals surface area contributed by atoms with E-state index in [9.17, 15) is 0 Å². The minimum atomic E-state index is 0.397. The van der Waals surface area contributed by atoms with Crippen molar-refractivity contribution < 1.29 is 0 Å². The lowest BCUT2D eigenvalue weighted by atomic mass is 10.1. The van der Waals surface area contributed by atoms with Crippen molar-refractivity contribution in [1.29, 1.82) is 0 Å². The zero-order chi connectivity index (χ0) is 15.0. The topological polar surface area (TPSA) is 60.0 Å². The number of fused-ring (bicyclic) bond motifs is 1. The molecule has 1 aliphatic heterocycles. The molecular formula is C16H25N5. The standard InChI is InChI=1S/C16H25N5/c1-11(9-20-7-5-4-6-8-20)21-13(3)12(2)14-15(17)18-10-19-16(14)21/h10-11H,4-9H2,1-3H3,(H2,17,18,19). The molecule has 0 aromatic carbocycles. The third kappa shape index (κ3) is 2.50. The second-order valence-corrected chi connectivity index (χ2v) is 6.25. The molecule has 2 N–H and O–H groups in total. The number of nitrogens with two attached hydrogens (primary N) is 1. The van der Waals surface area contributed by atoms with Crippen molar-refractivity contribution in [1.82, 2.24) is 19.4 Å². The number of aromatic nitrogens is 3. The average Bonchev–Trinajstić information content (AvgIpc) is 2.73. The van der Waals surface area contributed by atoms with Gasteiger partial charge in [0.05, 0.1) is 5.39 Å². The first-order valence-electron chi connectivity index (χ1n) is 7.89. The van der Waals surface area contributed by atoms with Crippen molar-refractivity contribution in [3.63, 3.8) is 0 Å². The lowest BCUT2D eigenvalue weighted by Gasteiger charge is -2.30. The average molecular weight is 287 g/mol. The fourth-order valence-corrected chi connectivity index (χ4v) is 3.59. The molecule has 0 spiro atoms. The monoisotopic (exact) mass is 287 g/mol. The number of hydrogen-bond donors (Lipinski definition) is 1. The highest BCUT2D eigenvalue weighted by molar-refractivity contribution is 5.90. The van der Waals surface area contributed by atoms with Crippen LogP contribution in [0.25, 0.3) is 11.0 Å². The summed E-state index contributed by atoms with van der Waals surface area (Å²) in [5, 5.41) is 1.01. The molecule has 2 aromatic heterocycles. The number of anilines is 1. The summed E-state index contributed by atoms with van der Waals surface area (Å²) in [6, 6.07) is 0.397. The Labute approximate surface area is 126 Å². The summed E-state index contributed by atoms with van der Waals surface area (Å²) < 4.78 is 2.33. The molecule has 0 saturated carbocycles. The summed E-state index contributed by atoms with van der Waals surface area (Å²) in [6.45, 7) is 10.1. The Morgan fingerprint density at radius 1 is 1.19 bits per heavy atom. The number of rotatable bonds is 3. The SMILES string of the molecule is Cc1c(C)n(C(C)CN2CCCCC2)c2ncnc(N)c12. The second-order valence-electron chi connectivity index (χ2n) is 6.25. The van der Waals surface area contributed by atoms with E-state index in [4.69, 9.17) is 5.73 Å². The molecule has 0 bridgehead atoms. The van der Waals surface area contributed by atoms with Crippen molar-refractivity contribution >= 4 is 16.9 Å². The first-order chi connectivity index (χ1) is 10.1. The van der Waals surface area contributed by atoms with Crippen LogP contribution in [0.3, 0.4) is 0 Å². The number of nitrogen functional groups attached to an aromatic ring is 1. The first kappa shape index (κ1) is 14.3. The van der Waals surface area contributed by atoms with Crippen LogP contribution in [-0.2, 0) is 0 Å². The Morgan fingerprint density at radius 2 is 1.90 bits per heavy atom. The molecule has 1 atom stereocenters. The van der Waals surface area contributed by atoms with E-state index in [2.05, 4.69) is 40.2 Å². The molecule has 1 unspecified atom stereocenters. The van der Waals surface area contributed by atoms with Gasteiger partial charge in [-0.3, -0.25) is 0 Å². The fourth-order valence-electron chi connectivity index (χ4n) is 3.59. The van der Waals surface area contributed by atoms with Gasteiger partial charge in [0.25, 0.3) is 0 Å². The van der Waals surface area contributed by atoms with Crippen molar-refractivity contribution in [3.05, 3.63) is 17.6 Å². The van der Waals surface area contributed by atoms with Crippen LogP contribution in [0.15, 0.2) is 6.33 Å². The molecule has 2 aromatic rings. The smallest absolute Gasteiger partial charge is 0.146 e. The number of aryl methyl sites for hydroxylation is 1. The maximum atomic E-state index is 6.05. The van der Waals surface area contributed by atoms with Crippen LogP contribution in [0, 0.1) is 13.8 Å². The molecule has 1 fully saturated rings. The van der Waals surface area contributed by atoms with E-state index >= 15 is 0 Å². The quantitative estimate of drug-likeness (QED) is 0.943. The van der Waals surface area contributed by atoms with E-state index < -0.39 is 0 Å². The lowest BCUT2D eigenvalue weighted by molar-refractivity contribution is 0.202.